The summed E-state index contributed by atoms with van der Waals surface area (Å²) >= 11 is 0. The maximum atomic E-state index is 10.2. The summed E-state index contributed by atoms with van der Waals surface area (Å²) in [6.07, 6.45) is 1.32. The Kier molecular flexibility index (Phi) is 6.76. The van der Waals surface area contributed by atoms with Gasteiger partial charge in [-0.25, -0.2) is 0 Å². The highest BCUT2D eigenvalue weighted by molar-refractivity contribution is 5.26. The summed E-state index contributed by atoms with van der Waals surface area (Å²) in [5.41, 5.74) is 1.09. The molecule has 1 N–H and O–H groups in total. The van der Waals surface area contributed by atoms with Crippen LogP contribution in [0, 0.1) is 11.8 Å². The van der Waals surface area contributed by atoms with Gasteiger partial charge in [0.05, 0.1) is 25.9 Å². The third-order valence-corrected chi connectivity index (χ3v) is 3.86. The molecular formula is C17H26O3. The molecule has 0 aliphatic heterocycles. The average Bonchev–Trinajstić information content (AvgIpc) is 2.50. The van der Waals surface area contributed by atoms with Gasteiger partial charge in [-0.15, -0.1) is 6.58 Å². The van der Waals surface area contributed by atoms with Gasteiger partial charge in [0.15, 0.2) is 0 Å². The lowest BCUT2D eigenvalue weighted by atomic mass is 9.90. The molecule has 0 aromatic heterocycles. The zero-order valence-corrected chi connectivity index (χ0v) is 12.9. The van der Waals surface area contributed by atoms with Crippen LogP contribution in [0.25, 0.3) is 0 Å². The zero-order valence-electron chi connectivity index (χ0n) is 12.9. The number of benzene rings is 1. The van der Waals surface area contributed by atoms with Crippen LogP contribution in [0.4, 0.5) is 0 Å². The Morgan fingerprint density at radius 3 is 2.30 bits per heavy atom. The van der Waals surface area contributed by atoms with Crippen LogP contribution >= 0.6 is 0 Å². The van der Waals surface area contributed by atoms with Crippen molar-refractivity contribution < 1.29 is 14.6 Å². The maximum absolute atomic E-state index is 10.2. The Morgan fingerprint density at radius 1 is 1.20 bits per heavy atom. The molecular weight excluding hydrogens is 252 g/mol. The van der Waals surface area contributed by atoms with Crippen molar-refractivity contribution in [1.82, 2.24) is 0 Å². The van der Waals surface area contributed by atoms with E-state index < -0.39 is 6.10 Å². The molecule has 0 saturated carbocycles. The molecule has 3 heteroatoms. The minimum Gasteiger partial charge on any atom is -0.497 e. The zero-order chi connectivity index (χ0) is 15.1. The molecule has 0 heterocycles. The SMILES string of the molecule is C=CC(C)C(O)C(C)C(C)OCc1ccc(OC)cc1. The summed E-state index contributed by atoms with van der Waals surface area (Å²) < 4.78 is 11.0. The van der Waals surface area contributed by atoms with E-state index in [1.807, 2.05) is 45.0 Å². The Morgan fingerprint density at radius 2 is 1.80 bits per heavy atom. The Bertz CT molecular complexity index is 399. The van der Waals surface area contributed by atoms with Crippen LogP contribution in [0.3, 0.4) is 0 Å². The van der Waals surface area contributed by atoms with Crippen molar-refractivity contribution in [2.45, 2.75) is 39.6 Å². The van der Waals surface area contributed by atoms with Gasteiger partial charge in [-0.2, -0.15) is 0 Å². The number of rotatable bonds is 8. The van der Waals surface area contributed by atoms with Crippen molar-refractivity contribution >= 4 is 0 Å². The minimum atomic E-state index is -0.432. The molecule has 0 radical (unpaired) electrons. The second-order valence-corrected chi connectivity index (χ2v) is 5.31. The van der Waals surface area contributed by atoms with Crippen molar-refractivity contribution in [2.24, 2.45) is 11.8 Å². The normalized spacial score (nSPS) is 17.1. The number of methoxy groups -OCH3 is 1. The first kappa shape index (κ1) is 16.7. The molecule has 0 amide bonds. The van der Waals surface area contributed by atoms with Crippen LogP contribution in [0.2, 0.25) is 0 Å². The Balaban J connectivity index is 2.49. The van der Waals surface area contributed by atoms with Crippen molar-refractivity contribution in [3.05, 3.63) is 42.5 Å². The van der Waals surface area contributed by atoms with Crippen molar-refractivity contribution in [3.8, 4) is 5.75 Å². The van der Waals surface area contributed by atoms with Gasteiger partial charge in [-0.05, 0) is 24.6 Å². The predicted molar refractivity (Wildman–Crippen MR) is 81.8 cm³/mol. The van der Waals surface area contributed by atoms with Crippen LogP contribution in [-0.2, 0) is 11.3 Å². The van der Waals surface area contributed by atoms with Gasteiger partial charge in [-0.3, -0.25) is 0 Å². The minimum absolute atomic E-state index is 0.0190. The quantitative estimate of drug-likeness (QED) is 0.741. The molecule has 0 bridgehead atoms. The highest BCUT2D eigenvalue weighted by Gasteiger charge is 2.24. The van der Waals surface area contributed by atoms with Crippen LogP contribution < -0.4 is 4.74 Å². The summed E-state index contributed by atoms with van der Waals surface area (Å²) in [7, 11) is 1.65. The number of hydrogen-bond acceptors (Lipinski definition) is 3. The summed E-state index contributed by atoms with van der Waals surface area (Å²) in [4.78, 5) is 0. The summed E-state index contributed by atoms with van der Waals surface area (Å²) in [5.74, 6) is 0.962. The van der Waals surface area contributed by atoms with E-state index in [0.717, 1.165) is 11.3 Å². The molecule has 4 atom stereocenters. The Hall–Kier alpha value is -1.32. The third kappa shape index (κ3) is 4.66. The number of aliphatic hydroxyl groups excluding tert-OH is 1. The van der Waals surface area contributed by atoms with Crippen molar-refractivity contribution in [3.63, 3.8) is 0 Å². The van der Waals surface area contributed by atoms with Gasteiger partial charge in [0, 0.05) is 11.8 Å². The van der Waals surface area contributed by atoms with Gasteiger partial charge in [0.25, 0.3) is 0 Å². The van der Waals surface area contributed by atoms with Crippen LogP contribution in [0.1, 0.15) is 26.3 Å². The summed E-state index contributed by atoms with van der Waals surface area (Å²) in [5, 5.41) is 10.2. The third-order valence-electron chi connectivity index (χ3n) is 3.86. The largest absolute Gasteiger partial charge is 0.497 e. The number of aliphatic hydroxyl groups is 1. The van der Waals surface area contributed by atoms with Gasteiger partial charge < -0.3 is 14.6 Å². The van der Waals surface area contributed by atoms with E-state index in [1.165, 1.54) is 0 Å². The molecule has 0 fully saturated rings. The predicted octanol–water partition coefficient (Wildman–Crippen LogP) is 3.42. The van der Waals surface area contributed by atoms with E-state index in [4.69, 9.17) is 9.47 Å². The fourth-order valence-electron chi connectivity index (χ4n) is 2.00. The molecule has 1 rings (SSSR count). The Labute approximate surface area is 122 Å². The first-order valence-electron chi connectivity index (χ1n) is 7.04. The van der Waals surface area contributed by atoms with E-state index in [-0.39, 0.29) is 17.9 Å². The van der Waals surface area contributed by atoms with Gasteiger partial charge in [0.2, 0.25) is 0 Å². The number of hydrogen-bond donors (Lipinski definition) is 1. The highest BCUT2D eigenvalue weighted by Crippen LogP contribution is 2.20. The lowest BCUT2D eigenvalue weighted by Crippen LogP contribution is -2.33. The van der Waals surface area contributed by atoms with Gasteiger partial charge in [0.1, 0.15) is 5.75 Å². The maximum Gasteiger partial charge on any atom is 0.118 e. The molecule has 112 valence electrons. The molecule has 20 heavy (non-hydrogen) atoms. The van der Waals surface area contributed by atoms with E-state index in [9.17, 15) is 5.11 Å². The van der Waals surface area contributed by atoms with Crippen LogP contribution in [0.15, 0.2) is 36.9 Å². The summed E-state index contributed by atoms with van der Waals surface area (Å²) in [6, 6.07) is 7.81. The van der Waals surface area contributed by atoms with Crippen LogP contribution in [0.5, 0.6) is 5.75 Å². The fraction of sp³-hybridized carbons (Fsp3) is 0.529. The molecule has 1 aromatic rings. The fourth-order valence-corrected chi connectivity index (χ4v) is 2.00. The number of ether oxygens (including phenoxy) is 2. The smallest absolute Gasteiger partial charge is 0.118 e. The van der Waals surface area contributed by atoms with E-state index in [0.29, 0.717) is 6.61 Å². The standard InChI is InChI=1S/C17H26O3/c1-6-12(2)17(18)13(3)14(4)20-11-15-7-9-16(19-5)10-8-15/h6-10,12-14,17-18H,1,11H2,2-5H3. The molecule has 4 unspecified atom stereocenters. The second kappa shape index (κ2) is 8.08. The van der Waals surface area contributed by atoms with Crippen molar-refractivity contribution in [1.29, 1.82) is 0 Å². The van der Waals surface area contributed by atoms with E-state index in [2.05, 4.69) is 6.58 Å². The monoisotopic (exact) mass is 278 g/mol. The summed E-state index contributed by atoms with van der Waals surface area (Å²) in [6.45, 7) is 10.2. The molecule has 0 aliphatic rings. The first-order chi connectivity index (χ1) is 9.49. The van der Waals surface area contributed by atoms with E-state index in [1.54, 1.807) is 13.2 Å². The molecule has 1 aromatic carbocycles. The topological polar surface area (TPSA) is 38.7 Å². The second-order valence-electron chi connectivity index (χ2n) is 5.31. The first-order valence-corrected chi connectivity index (χ1v) is 7.04. The van der Waals surface area contributed by atoms with E-state index >= 15 is 0 Å². The molecule has 0 aliphatic carbocycles. The average molecular weight is 278 g/mol. The molecule has 3 nitrogen and oxygen atoms in total. The lowest BCUT2D eigenvalue weighted by Gasteiger charge is -2.28. The van der Waals surface area contributed by atoms with Crippen LogP contribution in [-0.4, -0.2) is 24.4 Å². The molecule has 0 saturated heterocycles. The lowest BCUT2D eigenvalue weighted by molar-refractivity contribution is -0.0381. The molecule has 0 spiro atoms. The van der Waals surface area contributed by atoms with Crippen molar-refractivity contribution in [2.75, 3.05) is 7.11 Å². The van der Waals surface area contributed by atoms with Gasteiger partial charge in [-0.1, -0.05) is 32.1 Å². The van der Waals surface area contributed by atoms with Gasteiger partial charge >= 0.3 is 0 Å². The highest BCUT2D eigenvalue weighted by atomic mass is 16.5.